The molecule has 1 aromatic rings. The van der Waals surface area contributed by atoms with Crippen molar-refractivity contribution in [2.45, 2.75) is 63.9 Å². The smallest absolute Gasteiger partial charge is 0.410 e. The SMILES string of the molecule is CSCC[C@@H]1NC2(CCN(C(=O)OC(C)(C)C)CC2)N(Cc2ccccc2)C1=O. The van der Waals surface area contributed by atoms with Crippen molar-refractivity contribution in [2.24, 2.45) is 0 Å². The summed E-state index contributed by atoms with van der Waals surface area (Å²) in [5.74, 6) is 1.12. The molecule has 2 heterocycles. The Morgan fingerprint density at radius 1 is 1.24 bits per heavy atom. The van der Waals surface area contributed by atoms with E-state index in [-0.39, 0.29) is 18.0 Å². The van der Waals surface area contributed by atoms with E-state index in [4.69, 9.17) is 4.74 Å². The standard InChI is InChI=1S/C22H33N3O3S/c1-21(2,3)28-20(27)24-13-11-22(12-14-24)23-18(10-15-29-4)19(26)25(22)16-17-8-6-5-7-9-17/h5-9,18,23H,10-16H2,1-4H3/t18-/m0/s1. The molecule has 1 N–H and O–H groups in total. The Morgan fingerprint density at radius 2 is 1.90 bits per heavy atom. The molecule has 7 heteroatoms. The van der Waals surface area contributed by atoms with Gasteiger partial charge in [-0.05, 0) is 44.8 Å². The van der Waals surface area contributed by atoms with E-state index in [2.05, 4.69) is 23.7 Å². The topological polar surface area (TPSA) is 61.9 Å². The molecule has 2 saturated heterocycles. The van der Waals surface area contributed by atoms with Crippen molar-refractivity contribution in [1.82, 2.24) is 15.1 Å². The number of hydrogen-bond donors (Lipinski definition) is 1. The number of benzene rings is 1. The summed E-state index contributed by atoms with van der Waals surface area (Å²) in [5, 5.41) is 3.65. The summed E-state index contributed by atoms with van der Waals surface area (Å²) >= 11 is 1.76. The van der Waals surface area contributed by atoms with Gasteiger partial charge in [0.05, 0.1) is 11.7 Å². The lowest BCUT2D eigenvalue weighted by Crippen LogP contribution is -2.59. The first-order valence-electron chi connectivity index (χ1n) is 10.3. The van der Waals surface area contributed by atoms with E-state index in [9.17, 15) is 9.59 Å². The molecule has 2 aliphatic rings. The molecule has 2 fully saturated rings. The summed E-state index contributed by atoms with van der Waals surface area (Å²) in [5.41, 5.74) is 0.229. The quantitative estimate of drug-likeness (QED) is 0.792. The van der Waals surface area contributed by atoms with E-state index in [1.54, 1.807) is 16.7 Å². The van der Waals surface area contributed by atoms with Crippen LogP contribution in [-0.4, -0.2) is 64.2 Å². The van der Waals surface area contributed by atoms with E-state index in [1.807, 2.05) is 43.9 Å². The Bertz CT molecular complexity index is 712. The zero-order chi connectivity index (χ0) is 21.1. The highest BCUT2D eigenvalue weighted by molar-refractivity contribution is 7.98. The van der Waals surface area contributed by atoms with Gasteiger partial charge >= 0.3 is 6.09 Å². The Kier molecular flexibility index (Phi) is 6.79. The number of nitrogens with zero attached hydrogens (tertiary/aromatic N) is 2. The average molecular weight is 420 g/mol. The third kappa shape index (κ3) is 5.25. The minimum absolute atomic E-state index is 0.153. The van der Waals surface area contributed by atoms with Crippen molar-refractivity contribution in [2.75, 3.05) is 25.1 Å². The molecule has 0 radical (unpaired) electrons. The van der Waals surface area contributed by atoms with Crippen LogP contribution in [0.2, 0.25) is 0 Å². The highest BCUT2D eigenvalue weighted by Gasteiger charge is 2.51. The molecule has 3 rings (SSSR count). The van der Waals surface area contributed by atoms with Gasteiger partial charge in [0.15, 0.2) is 0 Å². The minimum Gasteiger partial charge on any atom is -0.444 e. The normalized spacial score (nSPS) is 21.7. The first-order chi connectivity index (χ1) is 13.7. The van der Waals surface area contributed by atoms with E-state index in [0.29, 0.717) is 32.5 Å². The molecule has 0 unspecified atom stereocenters. The van der Waals surface area contributed by atoms with Gasteiger partial charge in [-0.25, -0.2) is 4.79 Å². The molecule has 0 saturated carbocycles. The second kappa shape index (κ2) is 8.96. The summed E-state index contributed by atoms with van der Waals surface area (Å²) in [4.78, 5) is 29.5. The monoisotopic (exact) mass is 419 g/mol. The molecule has 29 heavy (non-hydrogen) atoms. The van der Waals surface area contributed by atoms with Gasteiger partial charge in [0.2, 0.25) is 5.91 Å². The summed E-state index contributed by atoms with van der Waals surface area (Å²) < 4.78 is 5.53. The molecule has 1 aromatic carbocycles. The molecule has 2 aliphatic heterocycles. The zero-order valence-electron chi connectivity index (χ0n) is 17.9. The van der Waals surface area contributed by atoms with Crippen LogP contribution in [0, 0.1) is 0 Å². The van der Waals surface area contributed by atoms with E-state index in [0.717, 1.165) is 17.7 Å². The highest BCUT2D eigenvalue weighted by atomic mass is 32.2. The van der Waals surface area contributed by atoms with Gasteiger partial charge in [-0.2, -0.15) is 11.8 Å². The number of carbonyl (C=O) groups is 2. The molecular formula is C22H33N3O3S. The maximum atomic E-state index is 13.2. The molecule has 0 aromatic heterocycles. The van der Waals surface area contributed by atoms with Crippen molar-refractivity contribution < 1.29 is 14.3 Å². The van der Waals surface area contributed by atoms with Crippen LogP contribution >= 0.6 is 11.8 Å². The Morgan fingerprint density at radius 3 is 2.48 bits per heavy atom. The molecule has 6 nitrogen and oxygen atoms in total. The average Bonchev–Trinajstić information content (AvgIpc) is 2.92. The van der Waals surface area contributed by atoms with Gasteiger partial charge in [-0.15, -0.1) is 0 Å². The predicted molar refractivity (Wildman–Crippen MR) is 117 cm³/mol. The number of thioether (sulfide) groups is 1. The third-order valence-electron chi connectivity index (χ3n) is 5.56. The van der Waals surface area contributed by atoms with Crippen LogP contribution in [0.25, 0.3) is 0 Å². The number of piperidine rings is 1. The van der Waals surface area contributed by atoms with E-state index in [1.165, 1.54) is 0 Å². The van der Waals surface area contributed by atoms with Gasteiger partial charge in [0.25, 0.3) is 0 Å². The lowest BCUT2D eigenvalue weighted by atomic mass is 9.95. The van der Waals surface area contributed by atoms with Crippen LogP contribution in [-0.2, 0) is 16.1 Å². The van der Waals surface area contributed by atoms with Gasteiger partial charge < -0.3 is 14.5 Å². The van der Waals surface area contributed by atoms with Crippen molar-refractivity contribution in [3.05, 3.63) is 35.9 Å². The van der Waals surface area contributed by atoms with E-state index >= 15 is 0 Å². The van der Waals surface area contributed by atoms with Gasteiger partial charge in [-0.1, -0.05) is 30.3 Å². The number of ether oxygens (including phenoxy) is 1. The van der Waals surface area contributed by atoms with Crippen molar-refractivity contribution in [1.29, 1.82) is 0 Å². The van der Waals surface area contributed by atoms with Crippen molar-refractivity contribution in [3.8, 4) is 0 Å². The molecule has 0 bridgehead atoms. The lowest BCUT2D eigenvalue weighted by Gasteiger charge is -2.44. The fourth-order valence-corrected chi connectivity index (χ4v) is 4.56. The second-order valence-corrected chi connectivity index (χ2v) is 9.87. The van der Waals surface area contributed by atoms with Crippen LogP contribution in [0.1, 0.15) is 45.6 Å². The molecule has 2 amide bonds. The van der Waals surface area contributed by atoms with Crippen LogP contribution < -0.4 is 5.32 Å². The fraction of sp³-hybridized carbons (Fsp3) is 0.636. The number of hydrogen-bond acceptors (Lipinski definition) is 5. The minimum atomic E-state index is -0.504. The van der Waals surface area contributed by atoms with E-state index < -0.39 is 11.3 Å². The number of rotatable bonds is 5. The maximum Gasteiger partial charge on any atom is 0.410 e. The number of carbonyl (C=O) groups excluding carboxylic acids is 2. The number of nitrogens with one attached hydrogen (secondary N) is 1. The molecule has 160 valence electrons. The van der Waals surface area contributed by atoms with Gasteiger partial charge in [0, 0.05) is 32.5 Å². The lowest BCUT2D eigenvalue weighted by molar-refractivity contribution is -0.134. The Balaban J connectivity index is 1.74. The summed E-state index contributed by atoms with van der Waals surface area (Å²) in [7, 11) is 0. The number of likely N-dealkylation sites (tertiary alicyclic amines) is 1. The summed E-state index contributed by atoms with van der Waals surface area (Å²) in [6, 6.07) is 9.97. The largest absolute Gasteiger partial charge is 0.444 e. The van der Waals surface area contributed by atoms with Crippen molar-refractivity contribution in [3.63, 3.8) is 0 Å². The molecule has 1 atom stereocenters. The Hall–Kier alpha value is -1.73. The molecular weight excluding hydrogens is 386 g/mol. The second-order valence-electron chi connectivity index (χ2n) is 8.89. The predicted octanol–water partition coefficient (Wildman–Crippen LogP) is 3.47. The molecule has 1 spiro atoms. The zero-order valence-corrected chi connectivity index (χ0v) is 18.8. The molecule has 0 aliphatic carbocycles. The third-order valence-corrected chi connectivity index (χ3v) is 6.20. The van der Waals surface area contributed by atoms with Gasteiger partial charge in [0.1, 0.15) is 5.60 Å². The fourth-order valence-electron chi connectivity index (χ4n) is 4.09. The maximum absolute atomic E-state index is 13.2. The summed E-state index contributed by atoms with van der Waals surface area (Å²) in [6.45, 7) is 7.39. The first kappa shape index (κ1) is 22.0. The van der Waals surface area contributed by atoms with Gasteiger partial charge in [-0.3, -0.25) is 10.1 Å². The Labute approximate surface area is 178 Å². The van der Waals surface area contributed by atoms with Crippen molar-refractivity contribution >= 4 is 23.8 Å². The van der Waals surface area contributed by atoms with Crippen LogP contribution in [0.3, 0.4) is 0 Å². The van der Waals surface area contributed by atoms with Crippen LogP contribution in [0.4, 0.5) is 4.79 Å². The first-order valence-corrected chi connectivity index (χ1v) is 11.7. The number of amides is 2. The highest BCUT2D eigenvalue weighted by Crippen LogP contribution is 2.35. The van der Waals surface area contributed by atoms with Crippen LogP contribution in [0.5, 0.6) is 0 Å². The summed E-state index contributed by atoms with van der Waals surface area (Å²) in [6.07, 6.45) is 4.03. The van der Waals surface area contributed by atoms with Crippen LogP contribution in [0.15, 0.2) is 30.3 Å².